The monoisotopic (exact) mass is 289 g/mol. The summed E-state index contributed by atoms with van der Waals surface area (Å²) >= 11 is 0. The molecule has 2 heterocycles. The number of benzene rings is 1. The second-order valence-electron chi connectivity index (χ2n) is 5.83. The molecule has 0 radical (unpaired) electrons. The summed E-state index contributed by atoms with van der Waals surface area (Å²) in [5, 5.41) is 14.4. The molecule has 2 saturated heterocycles. The Bertz CT molecular complexity index is 588. The van der Waals surface area contributed by atoms with Crippen LogP contribution in [0.25, 0.3) is 0 Å². The van der Waals surface area contributed by atoms with E-state index in [0.717, 1.165) is 32.5 Å². The number of amides is 1. The van der Waals surface area contributed by atoms with Crippen LogP contribution in [0.3, 0.4) is 0 Å². The van der Waals surface area contributed by atoms with Gasteiger partial charge < -0.3 is 10.2 Å². The largest absolute Gasteiger partial charge is 0.334 e. The van der Waals surface area contributed by atoms with E-state index in [2.05, 4.69) is 5.32 Å². The Morgan fingerprint density at radius 1 is 1.43 bits per heavy atom. The highest BCUT2D eigenvalue weighted by Gasteiger charge is 2.38. The van der Waals surface area contributed by atoms with Gasteiger partial charge in [0.2, 0.25) is 0 Å². The maximum Gasteiger partial charge on any atom is 0.273 e. The Hall–Kier alpha value is -1.95. The lowest BCUT2D eigenvalue weighted by Gasteiger charge is -2.37. The molecule has 0 bridgehead atoms. The Morgan fingerprint density at radius 3 is 3.00 bits per heavy atom. The molecule has 2 fully saturated rings. The molecular weight excluding hydrogens is 270 g/mol. The van der Waals surface area contributed by atoms with Crippen LogP contribution >= 0.6 is 0 Å². The van der Waals surface area contributed by atoms with Crippen LogP contribution in [-0.4, -0.2) is 41.4 Å². The molecule has 0 aromatic heterocycles. The third-order valence-electron chi connectivity index (χ3n) is 4.67. The summed E-state index contributed by atoms with van der Waals surface area (Å²) in [6.07, 6.45) is 2.15. The van der Waals surface area contributed by atoms with Crippen molar-refractivity contribution in [2.75, 3.05) is 19.6 Å². The normalized spacial score (nSPS) is 24.7. The number of nitrogens with one attached hydrogen (secondary N) is 1. The second kappa shape index (κ2) is 5.44. The first-order valence-electron chi connectivity index (χ1n) is 7.35. The summed E-state index contributed by atoms with van der Waals surface area (Å²) in [6, 6.07) is 4.95. The van der Waals surface area contributed by atoms with Crippen molar-refractivity contribution in [1.82, 2.24) is 10.2 Å². The highest BCUT2D eigenvalue weighted by molar-refractivity contribution is 5.97. The van der Waals surface area contributed by atoms with Gasteiger partial charge >= 0.3 is 0 Å². The summed E-state index contributed by atoms with van der Waals surface area (Å²) in [4.78, 5) is 25.3. The molecule has 1 amide bonds. The number of piperidine rings is 1. The van der Waals surface area contributed by atoms with Crippen LogP contribution in [0.4, 0.5) is 5.69 Å². The Kier molecular flexibility index (Phi) is 3.63. The number of likely N-dealkylation sites (tertiary alicyclic amines) is 1. The summed E-state index contributed by atoms with van der Waals surface area (Å²) in [5.74, 6) is 0.441. The minimum Gasteiger partial charge on any atom is -0.334 e. The molecule has 0 aliphatic carbocycles. The van der Waals surface area contributed by atoms with E-state index in [1.165, 1.54) is 6.07 Å². The summed E-state index contributed by atoms with van der Waals surface area (Å²) in [5.41, 5.74) is 0.927. The van der Waals surface area contributed by atoms with Gasteiger partial charge in [0.05, 0.1) is 4.92 Å². The molecule has 3 rings (SSSR count). The van der Waals surface area contributed by atoms with Crippen molar-refractivity contribution in [3.05, 3.63) is 39.4 Å². The molecule has 1 aromatic carbocycles. The van der Waals surface area contributed by atoms with Crippen molar-refractivity contribution in [2.45, 2.75) is 25.8 Å². The number of hydrogen-bond acceptors (Lipinski definition) is 4. The molecule has 2 aliphatic heterocycles. The minimum atomic E-state index is -0.428. The van der Waals surface area contributed by atoms with Crippen LogP contribution in [0, 0.1) is 23.0 Å². The Balaban J connectivity index is 1.91. The molecular formula is C15H19N3O3. The number of rotatable bonds is 2. The second-order valence-corrected chi connectivity index (χ2v) is 5.83. The summed E-state index contributed by atoms with van der Waals surface area (Å²) < 4.78 is 0. The molecule has 1 aromatic rings. The average molecular weight is 289 g/mol. The number of carbonyl (C=O) groups excluding carboxylic acids is 1. The van der Waals surface area contributed by atoms with Crippen LogP contribution in [0.15, 0.2) is 18.2 Å². The average Bonchev–Trinajstić information content (AvgIpc) is 2.94. The van der Waals surface area contributed by atoms with E-state index in [4.69, 9.17) is 0 Å². The zero-order valence-electron chi connectivity index (χ0n) is 12.0. The van der Waals surface area contributed by atoms with Gasteiger partial charge in [0.15, 0.2) is 0 Å². The van der Waals surface area contributed by atoms with E-state index in [9.17, 15) is 14.9 Å². The van der Waals surface area contributed by atoms with Crippen LogP contribution in [0.1, 0.15) is 28.8 Å². The molecule has 0 saturated carbocycles. The van der Waals surface area contributed by atoms with E-state index in [-0.39, 0.29) is 17.6 Å². The van der Waals surface area contributed by atoms with Gasteiger partial charge in [-0.25, -0.2) is 0 Å². The standard InChI is InChI=1S/C15H19N3O3/c1-10-12(5-2-6-13(10)18(20)21)15(19)17-7-3-4-11-8-16-9-14(11)17/h2,5-6,11,14,16H,3-4,7-9H2,1H3. The topological polar surface area (TPSA) is 75.5 Å². The van der Waals surface area contributed by atoms with Crippen molar-refractivity contribution in [2.24, 2.45) is 5.92 Å². The van der Waals surface area contributed by atoms with Crippen LogP contribution in [-0.2, 0) is 0 Å². The van der Waals surface area contributed by atoms with Crippen molar-refractivity contribution in [1.29, 1.82) is 0 Å². The fourth-order valence-electron chi connectivity index (χ4n) is 3.53. The predicted molar refractivity (Wildman–Crippen MR) is 78.3 cm³/mol. The first-order chi connectivity index (χ1) is 10.1. The lowest BCUT2D eigenvalue weighted by molar-refractivity contribution is -0.385. The van der Waals surface area contributed by atoms with E-state index in [0.29, 0.717) is 17.0 Å². The van der Waals surface area contributed by atoms with Crippen LogP contribution in [0.2, 0.25) is 0 Å². The molecule has 1 N–H and O–H groups in total. The number of nitrogens with zero attached hydrogens (tertiary/aromatic N) is 2. The minimum absolute atomic E-state index is 0.0129. The van der Waals surface area contributed by atoms with Crippen LogP contribution in [0.5, 0.6) is 0 Å². The van der Waals surface area contributed by atoms with E-state index in [1.54, 1.807) is 19.1 Å². The van der Waals surface area contributed by atoms with Crippen LogP contribution < -0.4 is 5.32 Å². The third-order valence-corrected chi connectivity index (χ3v) is 4.67. The van der Waals surface area contributed by atoms with Crippen molar-refractivity contribution >= 4 is 11.6 Å². The molecule has 0 spiro atoms. The fourth-order valence-corrected chi connectivity index (χ4v) is 3.53. The quantitative estimate of drug-likeness (QED) is 0.664. The molecule has 2 unspecified atom stereocenters. The van der Waals surface area contributed by atoms with Gasteiger partial charge in [0.25, 0.3) is 11.6 Å². The zero-order valence-corrected chi connectivity index (χ0v) is 12.0. The lowest BCUT2D eigenvalue weighted by Crippen LogP contribution is -2.48. The van der Waals surface area contributed by atoms with E-state index >= 15 is 0 Å². The Morgan fingerprint density at radius 2 is 2.24 bits per heavy atom. The molecule has 21 heavy (non-hydrogen) atoms. The smallest absolute Gasteiger partial charge is 0.273 e. The lowest BCUT2D eigenvalue weighted by atomic mass is 9.91. The fraction of sp³-hybridized carbons (Fsp3) is 0.533. The van der Waals surface area contributed by atoms with Gasteiger partial charge in [-0.2, -0.15) is 0 Å². The molecule has 6 heteroatoms. The number of hydrogen-bond donors (Lipinski definition) is 1. The van der Waals surface area contributed by atoms with Gasteiger partial charge in [0.1, 0.15) is 0 Å². The van der Waals surface area contributed by atoms with Crippen molar-refractivity contribution < 1.29 is 9.72 Å². The number of nitro benzene ring substituents is 1. The SMILES string of the molecule is Cc1c(C(=O)N2CCCC3CNCC32)cccc1[N+](=O)[O-]. The molecule has 2 atom stereocenters. The summed E-state index contributed by atoms with van der Waals surface area (Å²) in [7, 11) is 0. The molecule has 2 aliphatic rings. The number of fused-ring (bicyclic) bond motifs is 1. The van der Waals surface area contributed by atoms with Gasteiger partial charge in [-0.1, -0.05) is 6.07 Å². The maximum absolute atomic E-state index is 12.8. The number of carbonyl (C=O) groups is 1. The van der Waals surface area contributed by atoms with Gasteiger partial charge in [-0.3, -0.25) is 14.9 Å². The maximum atomic E-state index is 12.8. The molecule has 112 valence electrons. The first-order valence-corrected chi connectivity index (χ1v) is 7.35. The van der Waals surface area contributed by atoms with E-state index in [1.807, 2.05) is 4.90 Å². The highest BCUT2D eigenvalue weighted by Crippen LogP contribution is 2.29. The van der Waals surface area contributed by atoms with E-state index < -0.39 is 4.92 Å². The summed E-state index contributed by atoms with van der Waals surface area (Å²) in [6.45, 7) is 4.18. The molecule has 6 nitrogen and oxygen atoms in total. The van der Waals surface area contributed by atoms with Gasteiger partial charge in [-0.05, 0) is 31.7 Å². The zero-order chi connectivity index (χ0) is 15.0. The number of nitro groups is 1. The highest BCUT2D eigenvalue weighted by atomic mass is 16.6. The third kappa shape index (κ3) is 2.40. The van der Waals surface area contributed by atoms with Gasteiger partial charge in [-0.15, -0.1) is 0 Å². The van der Waals surface area contributed by atoms with Gasteiger partial charge in [0, 0.05) is 42.9 Å². The van der Waals surface area contributed by atoms with Crippen molar-refractivity contribution in [3.8, 4) is 0 Å². The van der Waals surface area contributed by atoms with Crippen molar-refractivity contribution in [3.63, 3.8) is 0 Å². The Labute approximate surface area is 123 Å². The first kappa shape index (κ1) is 14.0. The predicted octanol–water partition coefficient (Wildman–Crippen LogP) is 1.73.